The van der Waals surface area contributed by atoms with E-state index in [0.717, 1.165) is 22.7 Å². The van der Waals surface area contributed by atoms with Crippen molar-refractivity contribution in [1.82, 2.24) is 14.4 Å². The Bertz CT molecular complexity index is 764. The van der Waals surface area contributed by atoms with Gasteiger partial charge in [0.1, 0.15) is 12.4 Å². The fourth-order valence-corrected chi connectivity index (χ4v) is 2.32. The molecule has 0 amide bonds. The van der Waals surface area contributed by atoms with Crippen molar-refractivity contribution >= 4 is 5.65 Å². The minimum absolute atomic E-state index is 0.103. The standard InChI is InChI=1S/C13H9N3O2/c17-12-6-14-11-5-15-13-8-3-1-2-4-10(8)18-7-9(13)16(11)12/h1-6,17H,7H2. The molecule has 1 N–H and O–H groups in total. The fraction of sp³-hybridized carbons (Fsp3) is 0.0769. The van der Waals surface area contributed by atoms with Crippen LogP contribution in [0.3, 0.4) is 0 Å². The zero-order chi connectivity index (χ0) is 12.1. The van der Waals surface area contributed by atoms with Gasteiger partial charge < -0.3 is 9.84 Å². The summed E-state index contributed by atoms with van der Waals surface area (Å²) in [4.78, 5) is 8.50. The van der Waals surface area contributed by atoms with Crippen LogP contribution in [0.15, 0.2) is 36.7 Å². The number of imidazole rings is 1. The quantitative estimate of drug-likeness (QED) is 0.651. The number of rotatable bonds is 0. The molecule has 1 aliphatic rings. The number of fused-ring (bicyclic) bond motifs is 5. The number of hydrogen-bond acceptors (Lipinski definition) is 4. The van der Waals surface area contributed by atoms with Gasteiger partial charge in [-0.3, -0.25) is 9.38 Å². The Morgan fingerprint density at radius 1 is 1.17 bits per heavy atom. The lowest BCUT2D eigenvalue weighted by molar-refractivity contribution is 0.292. The van der Waals surface area contributed by atoms with E-state index in [1.807, 2.05) is 24.3 Å². The van der Waals surface area contributed by atoms with Crippen molar-refractivity contribution in [2.24, 2.45) is 0 Å². The van der Waals surface area contributed by atoms with Crippen molar-refractivity contribution in [2.45, 2.75) is 6.61 Å². The van der Waals surface area contributed by atoms with Gasteiger partial charge in [0.05, 0.1) is 23.8 Å². The maximum atomic E-state index is 9.83. The van der Waals surface area contributed by atoms with E-state index in [2.05, 4.69) is 9.97 Å². The van der Waals surface area contributed by atoms with Gasteiger partial charge in [-0.1, -0.05) is 12.1 Å². The Morgan fingerprint density at radius 3 is 3.00 bits per heavy atom. The lowest BCUT2D eigenvalue weighted by atomic mass is 10.1. The van der Waals surface area contributed by atoms with Crippen LogP contribution in [0, 0.1) is 0 Å². The number of benzene rings is 1. The van der Waals surface area contributed by atoms with Crippen LogP contribution >= 0.6 is 0 Å². The Hall–Kier alpha value is -2.56. The van der Waals surface area contributed by atoms with E-state index in [9.17, 15) is 5.11 Å². The third kappa shape index (κ3) is 1.10. The minimum Gasteiger partial charge on any atom is -0.493 e. The maximum Gasteiger partial charge on any atom is 0.216 e. The fourth-order valence-electron chi connectivity index (χ4n) is 2.32. The lowest BCUT2D eigenvalue weighted by Gasteiger charge is -2.20. The van der Waals surface area contributed by atoms with Crippen molar-refractivity contribution < 1.29 is 9.84 Å². The topological polar surface area (TPSA) is 59.7 Å². The summed E-state index contributed by atoms with van der Waals surface area (Å²) >= 11 is 0. The summed E-state index contributed by atoms with van der Waals surface area (Å²) in [6.45, 7) is 0.376. The average molecular weight is 239 g/mol. The van der Waals surface area contributed by atoms with E-state index in [1.54, 1.807) is 10.6 Å². The second kappa shape index (κ2) is 3.22. The molecular formula is C13H9N3O2. The molecule has 5 heteroatoms. The second-order valence-electron chi connectivity index (χ2n) is 4.15. The highest BCUT2D eigenvalue weighted by molar-refractivity contribution is 5.72. The van der Waals surface area contributed by atoms with Crippen molar-refractivity contribution in [3.63, 3.8) is 0 Å². The molecule has 0 saturated heterocycles. The molecule has 0 spiro atoms. The molecule has 0 bridgehead atoms. The van der Waals surface area contributed by atoms with Crippen LogP contribution < -0.4 is 4.74 Å². The molecule has 2 aromatic heterocycles. The predicted molar refractivity (Wildman–Crippen MR) is 64.4 cm³/mol. The number of aromatic nitrogens is 3. The van der Waals surface area contributed by atoms with Crippen molar-refractivity contribution in [3.8, 4) is 22.9 Å². The number of nitrogens with zero attached hydrogens (tertiary/aromatic N) is 3. The highest BCUT2D eigenvalue weighted by Gasteiger charge is 2.22. The van der Waals surface area contributed by atoms with Crippen LogP contribution in [0.4, 0.5) is 0 Å². The molecule has 18 heavy (non-hydrogen) atoms. The first-order valence-corrected chi connectivity index (χ1v) is 5.61. The third-order valence-corrected chi connectivity index (χ3v) is 3.13. The summed E-state index contributed by atoms with van der Waals surface area (Å²) in [6, 6.07) is 7.74. The van der Waals surface area contributed by atoms with Gasteiger partial charge in [0.2, 0.25) is 5.88 Å². The first kappa shape index (κ1) is 9.47. The normalized spacial score (nSPS) is 12.9. The summed E-state index contributed by atoms with van der Waals surface area (Å²) in [5, 5.41) is 9.83. The smallest absolute Gasteiger partial charge is 0.216 e. The van der Waals surface area contributed by atoms with Crippen molar-refractivity contribution in [1.29, 1.82) is 0 Å². The molecule has 1 aliphatic heterocycles. The molecule has 0 saturated carbocycles. The van der Waals surface area contributed by atoms with Gasteiger partial charge in [-0.05, 0) is 12.1 Å². The van der Waals surface area contributed by atoms with Gasteiger partial charge in [0, 0.05) is 5.56 Å². The molecule has 0 aliphatic carbocycles. The minimum atomic E-state index is 0.103. The van der Waals surface area contributed by atoms with Crippen LogP contribution in [0.25, 0.3) is 16.9 Å². The largest absolute Gasteiger partial charge is 0.493 e. The van der Waals surface area contributed by atoms with Gasteiger partial charge in [0.15, 0.2) is 5.65 Å². The summed E-state index contributed by atoms with van der Waals surface area (Å²) in [5.41, 5.74) is 3.21. The first-order valence-electron chi connectivity index (χ1n) is 5.61. The van der Waals surface area contributed by atoms with Gasteiger partial charge in [-0.15, -0.1) is 0 Å². The average Bonchev–Trinajstić information content (AvgIpc) is 2.80. The molecule has 1 aromatic carbocycles. The van der Waals surface area contributed by atoms with Crippen LogP contribution in [0.5, 0.6) is 11.6 Å². The highest BCUT2D eigenvalue weighted by Crippen LogP contribution is 2.36. The summed E-state index contributed by atoms with van der Waals surface area (Å²) < 4.78 is 7.35. The Morgan fingerprint density at radius 2 is 2.06 bits per heavy atom. The van der Waals surface area contributed by atoms with Gasteiger partial charge >= 0.3 is 0 Å². The van der Waals surface area contributed by atoms with Crippen LogP contribution in [0.1, 0.15) is 5.69 Å². The van der Waals surface area contributed by atoms with E-state index in [1.165, 1.54) is 6.20 Å². The van der Waals surface area contributed by atoms with E-state index in [0.29, 0.717) is 12.3 Å². The first-order chi connectivity index (χ1) is 8.84. The molecule has 0 radical (unpaired) electrons. The summed E-state index contributed by atoms with van der Waals surface area (Å²) in [7, 11) is 0. The van der Waals surface area contributed by atoms with Crippen LogP contribution in [0.2, 0.25) is 0 Å². The van der Waals surface area contributed by atoms with Crippen molar-refractivity contribution in [2.75, 3.05) is 0 Å². The second-order valence-corrected chi connectivity index (χ2v) is 4.15. The van der Waals surface area contributed by atoms with E-state index >= 15 is 0 Å². The monoisotopic (exact) mass is 239 g/mol. The van der Waals surface area contributed by atoms with Gasteiger partial charge in [-0.2, -0.15) is 0 Å². The van der Waals surface area contributed by atoms with E-state index < -0.39 is 0 Å². The van der Waals surface area contributed by atoms with E-state index in [-0.39, 0.29) is 5.88 Å². The number of aromatic hydroxyl groups is 1. The molecule has 0 fully saturated rings. The third-order valence-electron chi connectivity index (χ3n) is 3.13. The maximum absolute atomic E-state index is 9.83. The predicted octanol–water partition coefficient (Wildman–Crippen LogP) is 1.99. The number of ether oxygens (including phenoxy) is 1. The van der Waals surface area contributed by atoms with Gasteiger partial charge in [-0.25, -0.2) is 4.98 Å². The lowest BCUT2D eigenvalue weighted by Crippen LogP contribution is -2.11. The molecular weight excluding hydrogens is 230 g/mol. The Balaban J connectivity index is 2.11. The van der Waals surface area contributed by atoms with E-state index in [4.69, 9.17) is 4.74 Å². The summed E-state index contributed by atoms with van der Waals surface area (Å²) in [5.74, 6) is 0.920. The molecule has 0 atom stereocenters. The van der Waals surface area contributed by atoms with Crippen LogP contribution in [-0.4, -0.2) is 19.5 Å². The highest BCUT2D eigenvalue weighted by atomic mass is 16.5. The SMILES string of the molecule is Oc1cnc2cnc3c(n12)COc1ccccc1-3. The zero-order valence-electron chi connectivity index (χ0n) is 9.37. The van der Waals surface area contributed by atoms with Crippen LogP contribution in [-0.2, 0) is 6.61 Å². The molecule has 0 unspecified atom stereocenters. The molecule has 5 nitrogen and oxygen atoms in total. The zero-order valence-corrected chi connectivity index (χ0v) is 9.37. The summed E-state index contributed by atoms with van der Waals surface area (Å²) in [6.07, 6.45) is 3.07. The Kier molecular flexibility index (Phi) is 1.70. The Labute approximate surface area is 102 Å². The molecule has 3 aromatic rings. The molecule has 3 heterocycles. The molecule has 88 valence electrons. The van der Waals surface area contributed by atoms with Crippen molar-refractivity contribution in [3.05, 3.63) is 42.4 Å². The van der Waals surface area contributed by atoms with Gasteiger partial charge in [0.25, 0.3) is 0 Å². The number of hydrogen-bond donors (Lipinski definition) is 1. The number of para-hydroxylation sites is 1. The molecule has 4 rings (SSSR count).